The number of ether oxygens (including phenoxy) is 1. The number of rotatable bonds is 5. The van der Waals surface area contributed by atoms with Crippen molar-refractivity contribution in [2.24, 2.45) is 0 Å². The molecule has 1 saturated carbocycles. The lowest BCUT2D eigenvalue weighted by Gasteiger charge is -2.54. The van der Waals surface area contributed by atoms with Gasteiger partial charge >= 0.3 is 0 Å². The number of hydrogen-bond donors (Lipinski definition) is 2. The quantitative estimate of drug-likeness (QED) is 0.576. The van der Waals surface area contributed by atoms with Gasteiger partial charge in [0, 0.05) is 13.2 Å². The molecule has 3 aliphatic rings. The van der Waals surface area contributed by atoms with Gasteiger partial charge in [-0.1, -0.05) is 72.3 Å². The van der Waals surface area contributed by atoms with E-state index in [1.54, 1.807) is 18.2 Å². The number of carbonyl (C=O) groups is 2. The van der Waals surface area contributed by atoms with Crippen molar-refractivity contribution in [3.8, 4) is 0 Å². The molecule has 0 spiro atoms. The summed E-state index contributed by atoms with van der Waals surface area (Å²) in [5, 5.41) is 21.4. The summed E-state index contributed by atoms with van der Waals surface area (Å²) in [6.07, 6.45) is 2.49. The van der Waals surface area contributed by atoms with Gasteiger partial charge in [-0.3, -0.25) is 9.59 Å². The highest BCUT2D eigenvalue weighted by atomic mass is 16.5. The van der Waals surface area contributed by atoms with Gasteiger partial charge in [-0.2, -0.15) is 0 Å². The van der Waals surface area contributed by atoms with Crippen LogP contribution in [0.2, 0.25) is 0 Å². The third kappa shape index (κ3) is 2.48. The Hall–Kier alpha value is -2.60. The number of fused-ring (bicyclic) bond motifs is 4. The number of carbonyl (C=O) groups excluding carboxylic acids is 2. The highest BCUT2D eigenvalue weighted by molar-refractivity contribution is 6.27. The molecule has 0 radical (unpaired) electrons. The van der Waals surface area contributed by atoms with Crippen LogP contribution < -0.4 is 0 Å². The van der Waals surface area contributed by atoms with E-state index in [0.29, 0.717) is 31.4 Å². The third-order valence-electron chi connectivity index (χ3n) is 7.24. The second-order valence-corrected chi connectivity index (χ2v) is 8.78. The molecule has 2 aromatic carbocycles. The van der Waals surface area contributed by atoms with Crippen molar-refractivity contribution in [3.05, 3.63) is 83.4 Å². The summed E-state index contributed by atoms with van der Waals surface area (Å²) in [7, 11) is 0. The summed E-state index contributed by atoms with van der Waals surface area (Å²) < 4.78 is 6.11. The Morgan fingerprint density at radius 1 is 0.935 bits per heavy atom. The summed E-state index contributed by atoms with van der Waals surface area (Å²) in [6.45, 7) is 0.353. The Kier molecular flexibility index (Phi) is 4.74. The Morgan fingerprint density at radius 2 is 1.58 bits per heavy atom. The first-order valence-corrected chi connectivity index (χ1v) is 10.9. The van der Waals surface area contributed by atoms with E-state index >= 15 is 0 Å². The molecule has 31 heavy (non-hydrogen) atoms. The third-order valence-corrected chi connectivity index (χ3v) is 7.24. The van der Waals surface area contributed by atoms with Gasteiger partial charge in [-0.15, -0.1) is 0 Å². The number of aliphatic hydroxyl groups excluding tert-OH is 1. The van der Waals surface area contributed by atoms with Crippen molar-refractivity contribution in [1.82, 2.24) is 0 Å². The van der Waals surface area contributed by atoms with Gasteiger partial charge < -0.3 is 14.9 Å². The molecular formula is C26H26O5. The molecule has 2 N–H and O–H groups in total. The maximum atomic E-state index is 14.5. The molecule has 2 aliphatic carbocycles. The fourth-order valence-electron chi connectivity index (χ4n) is 5.98. The lowest BCUT2D eigenvalue weighted by molar-refractivity contribution is -0.196. The van der Waals surface area contributed by atoms with E-state index in [0.717, 1.165) is 11.1 Å². The maximum absolute atomic E-state index is 14.5. The highest BCUT2D eigenvalue weighted by Gasteiger charge is 2.76. The summed E-state index contributed by atoms with van der Waals surface area (Å²) in [5.41, 5.74) is -2.56. The van der Waals surface area contributed by atoms with Crippen LogP contribution in [0.4, 0.5) is 0 Å². The molecule has 2 fully saturated rings. The fourth-order valence-corrected chi connectivity index (χ4v) is 5.98. The molecule has 0 amide bonds. The van der Waals surface area contributed by atoms with E-state index in [9.17, 15) is 19.8 Å². The van der Waals surface area contributed by atoms with Gasteiger partial charge in [0.25, 0.3) is 0 Å². The minimum absolute atomic E-state index is 0.0293. The smallest absolute Gasteiger partial charge is 0.188 e. The number of benzene rings is 2. The molecule has 4 atom stereocenters. The van der Waals surface area contributed by atoms with Crippen LogP contribution >= 0.6 is 0 Å². The molecule has 160 valence electrons. The number of ketones is 2. The van der Waals surface area contributed by atoms with Crippen LogP contribution in [0.5, 0.6) is 0 Å². The zero-order chi connectivity index (χ0) is 21.7. The summed E-state index contributed by atoms with van der Waals surface area (Å²) in [4.78, 5) is 28.5. The normalized spacial score (nSPS) is 34.4. The highest BCUT2D eigenvalue weighted by Crippen LogP contribution is 2.61. The Balaban J connectivity index is 1.85. The van der Waals surface area contributed by atoms with Gasteiger partial charge in [0.1, 0.15) is 16.9 Å². The molecule has 0 aromatic heterocycles. The zero-order valence-electron chi connectivity index (χ0n) is 17.3. The van der Waals surface area contributed by atoms with Crippen molar-refractivity contribution in [3.63, 3.8) is 0 Å². The average Bonchev–Trinajstić information content (AvgIpc) is 3.04. The number of Topliss-reactive ketones (excluding diaryl/α,β-unsaturated/α-hetero) is 2. The van der Waals surface area contributed by atoms with E-state index in [2.05, 4.69) is 0 Å². The molecular weight excluding hydrogens is 392 g/mol. The fraction of sp³-hybridized carbons (Fsp3) is 0.385. The molecule has 1 aliphatic heterocycles. The lowest BCUT2D eigenvalue weighted by Crippen LogP contribution is -2.74. The van der Waals surface area contributed by atoms with E-state index < -0.39 is 28.3 Å². The second-order valence-electron chi connectivity index (χ2n) is 8.78. The Labute approximate surface area is 181 Å². The van der Waals surface area contributed by atoms with Crippen molar-refractivity contribution >= 4 is 11.6 Å². The molecule has 2 bridgehead atoms. The largest absolute Gasteiger partial charge is 0.396 e. The average molecular weight is 418 g/mol. The van der Waals surface area contributed by atoms with Crippen molar-refractivity contribution in [1.29, 1.82) is 0 Å². The Bertz CT molecular complexity index is 1050. The molecule has 1 heterocycles. The number of allylic oxidation sites excluding steroid dienone is 1. The molecule has 2 aromatic rings. The first kappa shape index (κ1) is 20.3. The van der Waals surface area contributed by atoms with Crippen LogP contribution in [0.3, 0.4) is 0 Å². The van der Waals surface area contributed by atoms with Crippen LogP contribution in [0.1, 0.15) is 36.8 Å². The standard InChI is InChI=1S/C26H26O5/c27-15-7-13-20-17-24(18-9-3-1-4-10-18)21(28)25(30)14-8-16-31-23(25)26(20,22(24)29)19-11-5-2-6-12-19/h1-6,9-12,17,23,27,30H,7-8,13-16H2/t23-,24+,25+,26-/m0/s1. The van der Waals surface area contributed by atoms with E-state index in [1.807, 2.05) is 48.5 Å². The van der Waals surface area contributed by atoms with E-state index in [1.165, 1.54) is 0 Å². The predicted octanol–water partition coefficient (Wildman–Crippen LogP) is 2.64. The van der Waals surface area contributed by atoms with Gasteiger partial charge in [0.05, 0.1) is 0 Å². The molecule has 1 saturated heterocycles. The molecule has 0 unspecified atom stereocenters. The van der Waals surface area contributed by atoms with Crippen LogP contribution in [0.15, 0.2) is 72.3 Å². The first-order chi connectivity index (χ1) is 15.0. The van der Waals surface area contributed by atoms with Crippen molar-refractivity contribution < 1.29 is 24.5 Å². The van der Waals surface area contributed by atoms with Crippen LogP contribution in [0, 0.1) is 0 Å². The van der Waals surface area contributed by atoms with Crippen LogP contribution in [-0.4, -0.2) is 46.7 Å². The van der Waals surface area contributed by atoms with Gasteiger partial charge in [-0.25, -0.2) is 0 Å². The van der Waals surface area contributed by atoms with Crippen LogP contribution in [0.25, 0.3) is 0 Å². The van der Waals surface area contributed by atoms with Gasteiger partial charge in [0.15, 0.2) is 17.2 Å². The zero-order valence-corrected chi connectivity index (χ0v) is 17.3. The van der Waals surface area contributed by atoms with Gasteiger partial charge in [0.2, 0.25) is 0 Å². The monoisotopic (exact) mass is 418 g/mol. The maximum Gasteiger partial charge on any atom is 0.188 e. The number of aliphatic hydroxyl groups is 2. The van der Waals surface area contributed by atoms with Gasteiger partial charge in [-0.05, 0) is 36.8 Å². The van der Waals surface area contributed by atoms with E-state index in [-0.39, 0.29) is 18.8 Å². The second kappa shape index (κ2) is 7.23. The summed E-state index contributed by atoms with van der Waals surface area (Å²) in [5.74, 6) is -0.752. The topological polar surface area (TPSA) is 83.8 Å². The van der Waals surface area contributed by atoms with Crippen molar-refractivity contribution in [2.75, 3.05) is 13.2 Å². The summed E-state index contributed by atoms with van der Waals surface area (Å²) >= 11 is 0. The molecule has 5 nitrogen and oxygen atoms in total. The lowest BCUT2D eigenvalue weighted by atomic mass is 9.52. The predicted molar refractivity (Wildman–Crippen MR) is 115 cm³/mol. The van der Waals surface area contributed by atoms with Crippen molar-refractivity contribution in [2.45, 2.75) is 48.2 Å². The molecule has 5 heteroatoms. The van der Waals surface area contributed by atoms with E-state index in [4.69, 9.17) is 4.74 Å². The minimum Gasteiger partial charge on any atom is -0.396 e. The summed E-state index contributed by atoms with van der Waals surface area (Å²) in [6, 6.07) is 18.4. The van der Waals surface area contributed by atoms with Crippen LogP contribution in [-0.2, 0) is 25.2 Å². The SMILES string of the molecule is O=C1[C@@]2(c3ccccc3)C=C(CCCO)[C@]1(c1ccccc1)[C@H]1OCCC[C@@]1(O)C2=O. The first-order valence-electron chi connectivity index (χ1n) is 10.9. The minimum atomic E-state index is -1.77. The molecule has 5 rings (SSSR count). The number of hydrogen-bond acceptors (Lipinski definition) is 5. The Morgan fingerprint density at radius 3 is 2.23 bits per heavy atom.